The molecule has 0 aliphatic heterocycles. The monoisotopic (exact) mass is 290 g/mol. The molecule has 1 aromatic heterocycles. The molecular weight excluding hydrogens is 284 g/mol. The quantitative estimate of drug-likeness (QED) is 0.766. The smallest absolute Gasteiger partial charge is 0.133 e. The Morgan fingerprint density at radius 1 is 1.25 bits per heavy atom. The number of thiophene rings is 1. The fourth-order valence-electron chi connectivity index (χ4n) is 1.17. The number of nitriles is 1. The minimum atomic E-state index is 0.623. The summed E-state index contributed by atoms with van der Waals surface area (Å²) in [6, 6.07) is 11.7. The van der Waals surface area contributed by atoms with E-state index >= 15 is 0 Å². The minimum absolute atomic E-state index is 0.623. The average Bonchev–Trinajstić information content (AvgIpc) is 2.76. The molecule has 0 saturated heterocycles. The van der Waals surface area contributed by atoms with Crippen LogP contribution in [0.3, 0.4) is 0 Å². The van der Waals surface area contributed by atoms with E-state index in [1.54, 1.807) is 12.3 Å². The van der Waals surface area contributed by atoms with Gasteiger partial charge in [-0.2, -0.15) is 5.26 Å². The van der Waals surface area contributed by atoms with Crippen LogP contribution in [0.4, 0.5) is 5.00 Å². The molecule has 16 heavy (non-hydrogen) atoms. The largest absolute Gasteiger partial charge is 0.244 e. The number of nitrogens with zero attached hydrogens (tertiary/aromatic N) is 2. The third-order valence-electron chi connectivity index (χ3n) is 1.97. The van der Waals surface area contributed by atoms with Gasteiger partial charge in [-0.15, -0.1) is 11.3 Å². The maximum Gasteiger partial charge on any atom is 0.133 e. The van der Waals surface area contributed by atoms with Crippen LogP contribution in [0.1, 0.15) is 11.1 Å². The highest BCUT2D eigenvalue weighted by Crippen LogP contribution is 2.25. The number of halogens is 1. The van der Waals surface area contributed by atoms with Crippen molar-refractivity contribution >= 4 is 38.5 Å². The van der Waals surface area contributed by atoms with Crippen molar-refractivity contribution in [3.05, 3.63) is 51.3 Å². The molecule has 0 radical (unpaired) electrons. The van der Waals surface area contributed by atoms with Crippen LogP contribution < -0.4 is 0 Å². The first-order chi connectivity index (χ1) is 7.79. The third-order valence-corrected chi connectivity index (χ3v) is 3.32. The molecule has 0 saturated carbocycles. The zero-order valence-corrected chi connectivity index (χ0v) is 10.6. The van der Waals surface area contributed by atoms with E-state index in [2.05, 4.69) is 27.0 Å². The summed E-state index contributed by atoms with van der Waals surface area (Å²) in [6.45, 7) is 0. The van der Waals surface area contributed by atoms with Crippen LogP contribution in [-0.4, -0.2) is 6.21 Å². The zero-order chi connectivity index (χ0) is 11.4. The summed E-state index contributed by atoms with van der Waals surface area (Å²) in [7, 11) is 0. The lowest BCUT2D eigenvalue weighted by Gasteiger charge is -1.92. The first-order valence-electron chi connectivity index (χ1n) is 4.57. The van der Waals surface area contributed by atoms with Crippen LogP contribution in [0.15, 0.2) is 45.2 Å². The Morgan fingerprint density at radius 2 is 2.00 bits per heavy atom. The summed E-state index contributed by atoms with van der Waals surface area (Å²) in [5.41, 5.74) is 1.64. The summed E-state index contributed by atoms with van der Waals surface area (Å²) >= 11 is 4.84. The van der Waals surface area contributed by atoms with Gasteiger partial charge in [-0.1, -0.05) is 28.1 Å². The van der Waals surface area contributed by atoms with Crippen molar-refractivity contribution in [1.29, 1.82) is 5.26 Å². The molecule has 0 N–H and O–H groups in total. The van der Waals surface area contributed by atoms with Gasteiger partial charge in [0.15, 0.2) is 0 Å². The predicted molar refractivity (Wildman–Crippen MR) is 70.4 cm³/mol. The van der Waals surface area contributed by atoms with Gasteiger partial charge in [-0.05, 0) is 29.1 Å². The lowest BCUT2D eigenvalue weighted by Crippen LogP contribution is -1.78. The van der Waals surface area contributed by atoms with Crippen LogP contribution in [-0.2, 0) is 0 Å². The molecule has 0 aliphatic carbocycles. The molecule has 78 valence electrons. The molecule has 0 bridgehead atoms. The second kappa shape index (κ2) is 5.06. The van der Waals surface area contributed by atoms with Crippen LogP contribution in [0.25, 0.3) is 0 Å². The SMILES string of the molecule is N#Cc1ccsc1/N=C/c1ccc(Br)cc1. The fourth-order valence-corrected chi connectivity index (χ4v) is 2.12. The van der Waals surface area contributed by atoms with Crippen molar-refractivity contribution in [1.82, 2.24) is 0 Å². The predicted octanol–water partition coefficient (Wildman–Crippen LogP) is 4.13. The maximum absolute atomic E-state index is 8.82. The second-order valence-corrected chi connectivity index (χ2v) is 4.87. The summed E-state index contributed by atoms with van der Waals surface area (Å²) in [4.78, 5) is 4.29. The molecule has 0 atom stereocenters. The maximum atomic E-state index is 8.82. The number of benzene rings is 1. The molecular formula is C12H7BrN2S. The molecule has 0 spiro atoms. The number of hydrogen-bond acceptors (Lipinski definition) is 3. The van der Waals surface area contributed by atoms with Gasteiger partial charge in [0.25, 0.3) is 0 Å². The normalized spacial score (nSPS) is 10.5. The Balaban J connectivity index is 2.22. The molecule has 0 aliphatic rings. The van der Waals surface area contributed by atoms with Crippen molar-refractivity contribution in [3.8, 4) is 6.07 Å². The summed E-state index contributed by atoms with van der Waals surface area (Å²) < 4.78 is 1.04. The third kappa shape index (κ3) is 2.57. The van der Waals surface area contributed by atoms with E-state index in [9.17, 15) is 0 Å². The van der Waals surface area contributed by atoms with Crippen LogP contribution in [0.2, 0.25) is 0 Å². The lowest BCUT2D eigenvalue weighted by molar-refractivity contribution is 1.49. The van der Waals surface area contributed by atoms with Crippen LogP contribution in [0, 0.1) is 11.3 Å². The summed E-state index contributed by atoms with van der Waals surface area (Å²) in [5, 5.41) is 11.4. The molecule has 2 rings (SSSR count). The Kier molecular flexibility index (Phi) is 3.50. The van der Waals surface area contributed by atoms with Crippen molar-refractivity contribution in [2.45, 2.75) is 0 Å². The minimum Gasteiger partial charge on any atom is -0.244 e. The van der Waals surface area contributed by atoms with E-state index in [1.807, 2.05) is 29.6 Å². The second-order valence-electron chi connectivity index (χ2n) is 3.06. The van der Waals surface area contributed by atoms with Crippen molar-refractivity contribution in [2.24, 2.45) is 4.99 Å². The first kappa shape index (κ1) is 11.1. The molecule has 0 unspecified atom stereocenters. The number of aliphatic imine (C=N–C) groups is 1. The van der Waals surface area contributed by atoms with Gasteiger partial charge in [0.05, 0.1) is 5.56 Å². The first-order valence-corrected chi connectivity index (χ1v) is 6.24. The van der Waals surface area contributed by atoms with Crippen LogP contribution >= 0.6 is 27.3 Å². The topological polar surface area (TPSA) is 36.1 Å². The molecule has 0 amide bonds. The Labute approximate surface area is 106 Å². The Morgan fingerprint density at radius 3 is 2.69 bits per heavy atom. The van der Waals surface area contributed by atoms with Gasteiger partial charge >= 0.3 is 0 Å². The number of rotatable bonds is 2. The van der Waals surface area contributed by atoms with Crippen molar-refractivity contribution < 1.29 is 0 Å². The Bertz CT molecular complexity index is 549. The zero-order valence-electron chi connectivity index (χ0n) is 8.22. The van der Waals surface area contributed by atoms with E-state index in [-0.39, 0.29) is 0 Å². The van der Waals surface area contributed by atoms with Gasteiger partial charge in [0.2, 0.25) is 0 Å². The molecule has 1 heterocycles. The Hall–Kier alpha value is -1.44. The molecule has 2 aromatic rings. The summed E-state index contributed by atoms with van der Waals surface area (Å²) in [5.74, 6) is 0. The highest BCUT2D eigenvalue weighted by atomic mass is 79.9. The molecule has 0 fully saturated rings. The lowest BCUT2D eigenvalue weighted by atomic mass is 10.2. The van der Waals surface area contributed by atoms with E-state index in [0.717, 1.165) is 15.0 Å². The van der Waals surface area contributed by atoms with Gasteiger partial charge < -0.3 is 0 Å². The van der Waals surface area contributed by atoms with Gasteiger partial charge in [0, 0.05) is 10.7 Å². The molecule has 1 aromatic carbocycles. The van der Waals surface area contributed by atoms with Gasteiger partial charge in [-0.3, -0.25) is 0 Å². The van der Waals surface area contributed by atoms with E-state index in [4.69, 9.17) is 5.26 Å². The van der Waals surface area contributed by atoms with E-state index < -0.39 is 0 Å². The molecule has 2 nitrogen and oxygen atoms in total. The van der Waals surface area contributed by atoms with Crippen molar-refractivity contribution in [2.75, 3.05) is 0 Å². The number of hydrogen-bond donors (Lipinski definition) is 0. The highest BCUT2D eigenvalue weighted by molar-refractivity contribution is 9.10. The summed E-state index contributed by atoms with van der Waals surface area (Å²) in [6.07, 6.45) is 1.76. The van der Waals surface area contributed by atoms with Crippen LogP contribution in [0.5, 0.6) is 0 Å². The average molecular weight is 291 g/mol. The highest BCUT2D eigenvalue weighted by Gasteiger charge is 1.99. The molecule has 4 heteroatoms. The standard InChI is InChI=1S/C12H7BrN2S/c13-11-3-1-9(2-4-11)8-15-12-10(7-14)5-6-16-12/h1-6,8H/b15-8+. The van der Waals surface area contributed by atoms with Gasteiger partial charge in [-0.25, -0.2) is 4.99 Å². The van der Waals surface area contributed by atoms with E-state index in [1.165, 1.54) is 11.3 Å². The fraction of sp³-hybridized carbons (Fsp3) is 0. The van der Waals surface area contributed by atoms with Gasteiger partial charge in [0.1, 0.15) is 11.1 Å². The van der Waals surface area contributed by atoms with E-state index in [0.29, 0.717) is 5.56 Å². The van der Waals surface area contributed by atoms with Crippen molar-refractivity contribution in [3.63, 3.8) is 0 Å².